The molecule has 1 aliphatic rings. The first-order valence-corrected chi connectivity index (χ1v) is 8.14. The third-order valence-electron chi connectivity index (χ3n) is 4.90. The molecule has 1 amide bonds. The summed E-state index contributed by atoms with van der Waals surface area (Å²) in [5.41, 5.74) is -0.383. The lowest BCUT2D eigenvalue weighted by Crippen LogP contribution is -2.57. The zero-order valence-electron chi connectivity index (χ0n) is 14.4. The smallest absolute Gasteiger partial charge is 0.329 e. The average molecular weight is 335 g/mol. The van der Waals surface area contributed by atoms with Gasteiger partial charge in [-0.25, -0.2) is 4.79 Å². The van der Waals surface area contributed by atoms with Gasteiger partial charge in [-0.3, -0.25) is 4.79 Å². The number of rotatable bonds is 6. The summed E-state index contributed by atoms with van der Waals surface area (Å²) in [7, 11) is 3.21. The molecule has 0 aromatic heterocycles. The zero-order chi connectivity index (χ0) is 17.7. The minimum atomic E-state index is -1.20. The summed E-state index contributed by atoms with van der Waals surface area (Å²) >= 11 is 0. The van der Waals surface area contributed by atoms with E-state index in [4.69, 9.17) is 9.47 Å². The van der Waals surface area contributed by atoms with Crippen molar-refractivity contribution in [3.05, 3.63) is 29.8 Å². The molecular weight excluding hydrogens is 310 g/mol. The highest BCUT2D eigenvalue weighted by Crippen LogP contribution is 2.31. The lowest BCUT2D eigenvalue weighted by atomic mass is 9.79. The highest BCUT2D eigenvalue weighted by molar-refractivity contribution is 5.90. The second kappa shape index (κ2) is 7.66. The van der Waals surface area contributed by atoms with Gasteiger partial charge in [-0.05, 0) is 50.3 Å². The quantitative estimate of drug-likeness (QED) is 0.833. The molecule has 132 valence electrons. The van der Waals surface area contributed by atoms with Crippen LogP contribution >= 0.6 is 0 Å². The predicted molar refractivity (Wildman–Crippen MR) is 89.2 cm³/mol. The molecule has 2 rings (SSSR count). The van der Waals surface area contributed by atoms with Crippen LogP contribution < -0.4 is 10.1 Å². The van der Waals surface area contributed by atoms with Crippen LogP contribution in [0.5, 0.6) is 5.75 Å². The number of aliphatic carboxylic acids is 1. The maximum Gasteiger partial charge on any atom is 0.329 e. The Balaban J connectivity index is 2.08. The maximum atomic E-state index is 12.6. The summed E-state index contributed by atoms with van der Waals surface area (Å²) in [5.74, 6) is -0.982. The number of hydrogen-bond donors (Lipinski definition) is 2. The standard InChI is InChI=1S/C18H25NO5/c1-12(13-4-6-14(23-2)7-5-13)16(20)19-18(17(21)22)10-8-15(24-3)9-11-18/h4-7,12,15H,8-11H2,1-3H3,(H,19,20)(H,21,22). The summed E-state index contributed by atoms with van der Waals surface area (Å²) in [6, 6.07) is 7.21. The van der Waals surface area contributed by atoms with E-state index in [2.05, 4.69) is 5.32 Å². The Bertz CT molecular complexity index is 576. The Hall–Kier alpha value is -2.08. The van der Waals surface area contributed by atoms with Gasteiger partial charge in [-0.2, -0.15) is 0 Å². The van der Waals surface area contributed by atoms with Crippen LogP contribution in [0.1, 0.15) is 44.1 Å². The molecule has 2 N–H and O–H groups in total. The molecule has 0 radical (unpaired) electrons. The van der Waals surface area contributed by atoms with E-state index in [0.717, 1.165) is 5.56 Å². The Morgan fingerprint density at radius 1 is 1.21 bits per heavy atom. The lowest BCUT2D eigenvalue weighted by molar-refractivity contribution is -0.150. The van der Waals surface area contributed by atoms with Gasteiger partial charge in [0.2, 0.25) is 5.91 Å². The van der Waals surface area contributed by atoms with Gasteiger partial charge < -0.3 is 19.9 Å². The number of benzene rings is 1. The van der Waals surface area contributed by atoms with Crippen LogP contribution in [0.4, 0.5) is 0 Å². The molecule has 24 heavy (non-hydrogen) atoms. The minimum Gasteiger partial charge on any atom is -0.497 e. The summed E-state index contributed by atoms with van der Waals surface area (Å²) in [4.78, 5) is 24.4. The van der Waals surface area contributed by atoms with Gasteiger partial charge in [-0.1, -0.05) is 12.1 Å². The minimum absolute atomic E-state index is 0.0633. The van der Waals surface area contributed by atoms with E-state index >= 15 is 0 Å². The van der Waals surface area contributed by atoms with Crippen LogP contribution in [-0.2, 0) is 14.3 Å². The molecule has 1 unspecified atom stereocenters. The number of carbonyl (C=O) groups excluding carboxylic acids is 1. The molecule has 0 aliphatic heterocycles. The Kier molecular flexibility index (Phi) is 5.83. The van der Waals surface area contributed by atoms with Crippen LogP contribution in [-0.4, -0.2) is 42.8 Å². The van der Waals surface area contributed by atoms with Gasteiger partial charge in [0.15, 0.2) is 0 Å². The number of carboxylic acids is 1. The maximum absolute atomic E-state index is 12.6. The van der Waals surface area contributed by atoms with Gasteiger partial charge in [0.05, 0.1) is 19.1 Å². The van der Waals surface area contributed by atoms with Crippen LogP contribution in [0, 0.1) is 0 Å². The number of amides is 1. The van der Waals surface area contributed by atoms with Crippen LogP contribution in [0.3, 0.4) is 0 Å². The molecule has 6 heteroatoms. The Labute approximate surface area is 142 Å². The van der Waals surface area contributed by atoms with E-state index in [-0.39, 0.29) is 12.0 Å². The molecule has 1 aliphatic carbocycles. The fourth-order valence-corrected chi connectivity index (χ4v) is 3.10. The summed E-state index contributed by atoms with van der Waals surface area (Å²) in [6.07, 6.45) is 2.07. The first-order chi connectivity index (χ1) is 11.4. The van der Waals surface area contributed by atoms with Gasteiger partial charge >= 0.3 is 5.97 Å². The van der Waals surface area contributed by atoms with Crippen molar-refractivity contribution in [3.63, 3.8) is 0 Å². The molecule has 0 bridgehead atoms. The second-order valence-corrected chi connectivity index (χ2v) is 6.31. The molecule has 1 atom stereocenters. The third-order valence-corrected chi connectivity index (χ3v) is 4.90. The largest absolute Gasteiger partial charge is 0.497 e. The molecule has 1 aromatic carbocycles. The van der Waals surface area contributed by atoms with Crippen molar-refractivity contribution in [1.29, 1.82) is 0 Å². The number of ether oxygens (including phenoxy) is 2. The molecule has 0 spiro atoms. The normalized spacial score (nSPS) is 24.9. The third kappa shape index (κ3) is 3.87. The average Bonchev–Trinajstić information content (AvgIpc) is 2.61. The Morgan fingerprint density at radius 3 is 2.25 bits per heavy atom. The molecule has 6 nitrogen and oxygen atoms in total. The van der Waals surface area contributed by atoms with Crippen molar-refractivity contribution in [2.75, 3.05) is 14.2 Å². The van der Waals surface area contributed by atoms with E-state index in [1.54, 1.807) is 33.3 Å². The van der Waals surface area contributed by atoms with E-state index in [9.17, 15) is 14.7 Å². The molecule has 1 aromatic rings. The van der Waals surface area contributed by atoms with Gasteiger partial charge in [0.25, 0.3) is 0 Å². The van der Waals surface area contributed by atoms with E-state index in [1.807, 2.05) is 12.1 Å². The molecule has 0 heterocycles. The van der Waals surface area contributed by atoms with Crippen molar-refractivity contribution in [2.24, 2.45) is 0 Å². The monoisotopic (exact) mass is 335 g/mol. The lowest BCUT2D eigenvalue weighted by Gasteiger charge is -2.37. The summed E-state index contributed by atoms with van der Waals surface area (Å²) in [5, 5.41) is 12.4. The highest BCUT2D eigenvalue weighted by atomic mass is 16.5. The van der Waals surface area contributed by atoms with E-state index in [0.29, 0.717) is 31.4 Å². The topological polar surface area (TPSA) is 84.9 Å². The fraction of sp³-hybridized carbons (Fsp3) is 0.556. The van der Waals surface area contributed by atoms with E-state index in [1.165, 1.54) is 0 Å². The number of carboxylic acid groups (broad SMARTS) is 1. The Morgan fingerprint density at radius 2 is 1.79 bits per heavy atom. The van der Waals surface area contributed by atoms with Crippen molar-refractivity contribution >= 4 is 11.9 Å². The van der Waals surface area contributed by atoms with Crippen LogP contribution in [0.25, 0.3) is 0 Å². The summed E-state index contributed by atoms with van der Waals surface area (Å²) < 4.78 is 10.4. The molecule has 1 saturated carbocycles. The molecule has 1 fully saturated rings. The number of nitrogens with one attached hydrogen (secondary N) is 1. The number of methoxy groups -OCH3 is 2. The number of hydrogen-bond acceptors (Lipinski definition) is 4. The van der Waals surface area contributed by atoms with Gasteiger partial charge in [-0.15, -0.1) is 0 Å². The van der Waals surface area contributed by atoms with Crippen molar-refractivity contribution in [3.8, 4) is 5.75 Å². The molecular formula is C18H25NO5. The SMILES string of the molecule is COc1ccc(C(C)C(=O)NC2(C(=O)O)CCC(OC)CC2)cc1. The van der Waals surface area contributed by atoms with E-state index < -0.39 is 17.4 Å². The van der Waals surface area contributed by atoms with Crippen molar-refractivity contribution in [2.45, 2.75) is 50.2 Å². The highest BCUT2D eigenvalue weighted by Gasteiger charge is 2.44. The first kappa shape index (κ1) is 18.3. The van der Waals surface area contributed by atoms with Crippen LogP contribution in [0.15, 0.2) is 24.3 Å². The zero-order valence-corrected chi connectivity index (χ0v) is 14.4. The van der Waals surface area contributed by atoms with Crippen LogP contribution in [0.2, 0.25) is 0 Å². The van der Waals surface area contributed by atoms with Gasteiger partial charge in [0, 0.05) is 7.11 Å². The predicted octanol–water partition coefficient (Wildman–Crippen LogP) is 2.33. The van der Waals surface area contributed by atoms with Gasteiger partial charge in [0.1, 0.15) is 11.3 Å². The first-order valence-electron chi connectivity index (χ1n) is 8.14. The van der Waals surface area contributed by atoms with Crippen molar-refractivity contribution in [1.82, 2.24) is 5.32 Å². The van der Waals surface area contributed by atoms with Crippen molar-refractivity contribution < 1.29 is 24.2 Å². The number of carbonyl (C=O) groups is 2. The summed E-state index contributed by atoms with van der Waals surface area (Å²) in [6.45, 7) is 1.77. The second-order valence-electron chi connectivity index (χ2n) is 6.31. The molecule has 0 saturated heterocycles. The fourth-order valence-electron chi connectivity index (χ4n) is 3.10.